The molecule has 7 heteroatoms. The van der Waals surface area contributed by atoms with E-state index in [-0.39, 0.29) is 12.6 Å². The van der Waals surface area contributed by atoms with Gasteiger partial charge in [-0.2, -0.15) is 0 Å². The highest BCUT2D eigenvalue weighted by Crippen LogP contribution is 2.37. The van der Waals surface area contributed by atoms with E-state index >= 15 is 0 Å². The van der Waals surface area contributed by atoms with E-state index in [2.05, 4.69) is 9.51 Å². The van der Waals surface area contributed by atoms with E-state index in [0.717, 1.165) is 0 Å². The molecule has 1 aromatic heterocycles. The van der Waals surface area contributed by atoms with Crippen molar-refractivity contribution < 1.29 is 18.9 Å². The minimum atomic E-state index is -4.45. The molecule has 1 heterocycles. The van der Waals surface area contributed by atoms with E-state index in [9.17, 15) is 4.57 Å². The van der Waals surface area contributed by atoms with Crippen LogP contribution in [-0.4, -0.2) is 27.9 Å². The lowest BCUT2D eigenvalue weighted by Crippen LogP contribution is -2.27. The Morgan fingerprint density at radius 3 is 2.71 bits per heavy atom. The van der Waals surface area contributed by atoms with Gasteiger partial charge in [-0.15, -0.1) is 0 Å². The van der Waals surface area contributed by atoms with Crippen LogP contribution >= 0.6 is 7.82 Å². The standard InChI is InChI=1S/C10H17N2O4P/c1-8(2)12(3)10-9(5-4-6-11-10)7-16-17(13,14)15/h4-6,8H,7H2,1-3H3,(H2,13,14,15). The van der Waals surface area contributed by atoms with Gasteiger partial charge in [-0.3, -0.25) is 4.52 Å². The molecule has 0 atom stereocenters. The summed E-state index contributed by atoms with van der Waals surface area (Å²) in [6.07, 6.45) is 1.63. The molecule has 0 aliphatic rings. The van der Waals surface area contributed by atoms with Crippen molar-refractivity contribution in [3.05, 3.63) is 23.9 Å². The van der Waals surface area contributed by atoms with E-state index in [4.69, 9.17) is 9.79 Å². The summed E-state index contributed by atoms with van der Waals surface area (Å²) in [5.41, 5.74) is 0.645. The maximum Gasteiger partial charge on any atom is 0.469 e. The Balaban J connectivity index is 2.88. The average Bonchev–Trinajstić information content (AvgIpc) is 2.24. The van der Waals surface area contributed by atoms with Crippen LogP contribution in [0.1, 0.15) is 19.4 Å². The van der Waals surface area contributed by atoms with E-state index in [1.54, 1.807) is 18.3 Å². The molecule has 1 rings (SSSR count). The first-order valence-electron chi connectivity index (χ1n) is 5.18. The number of phosphoric acid groups is 1. The van der Waals surface area contributed by atoms with Crippen LogP contribution in [0.15, 0.2) is 18.3 Å². The first kappa shape index (κ1) is 14.1. The Morgan fingerprint density at radius 1 is 1.53 bits per heavy atom. The largest absolute Gasteiger partial charge is 0.469 e. The van der Waals surface area contributed by atoms with Crippen LogP contribution in [0.5, 0.6) is 0 Å². The molecular formula is C10H17N2O4P. The number of hydrogen-bond acceptors (Lipinski definition) is 4. The smallest absolute Gasteiger partial charge is 0.357 e. The third kappa shape index (κ3) is 4.44. The number of nitrogens with zero attached hydrogens (tertiary/aromatic N) is 2. The number of aromatic nitrogens is 1. The van der Waals surface area contributed by atoms with E-state index in [1.807, 2.05) is 25.8 Å². The van der Waals surface area contributed by atoms with Gasteiger partial charge in [-0.1, -0.05) is 6.07 Å². The highest BCUT2D eigenvalue weighted by molar-refractivity contribution is 7.46. The molecule has 0 aromatic carbocycles. The highest BCUT2D eigenvalue weighted by Gasteiger charge is 2.17. The number of rotatable bonds is 5. The van der Waals surface area contributed by atoms with Crippen LogP contribution in [0, 0.1) is 0 Å². The van der Waals surface area contributed by atoms with Crippen LogP contribution < -0.4 is 4.90 Å². The Morgan fingerprint density at radius 2 is 2.18 bits per heavy atom. The Hall–Kier alpha value is -0.940. The summed E-state index contributed by atoms with van der Waals surface area (Å²) in [5.74, 6) is 0.663. The van der Waals surface area contributed by atoms with Crippen LogP contribution in [0.25, 0.3) is 0 Å². The molecule has 0 saturated heterocycles. The predicted octanol–water partition coefficient (Wildman–Crippen LogP) is 1.54. The maximum atomic E-state index is 10.7. The lowest BCUT2D eigenvalue weighted by atomic mass is 10.2. The van der Waals surface area contributed by atoms with Crippen molar-refractivity contribution in [1.82, 2.24) is 4.98 Å². The zero-order valence-electron chi connectivity index (χ0n) is 10.1. The Labute approximate surface area is 100 Å². The SMILES string of the molecule is CC(C)N(C)c1ncccc1COP(=O)(O)O. The molecule has 0 aliphatic heterocycles. The minimum absolute atomic E-state index is 0.162. The van der Waals surface area contributed by atoms with Crippen molar-refractivity contribution in [3.8, 4) is 0 Å². The van der Waals surface area contributed by atoms with E-state index in [0.29, 0.717) is 11.4 Å². The van der Waals surface area contributed by atoms with Crippen molar-refractivity contribution in [2.75, 3.05) is 11.9 Å². The first-order chi connectivity index (χ1) is 7.81. The van der Waals surface area contributed by atoms with Crippen LogP contribution in [0.4, 0.5) is 5.82 Å². The van der Waals surface area contributed by atoms with Gasteiger partial charge >= 0.3 is 7.82 Å². The van der Waals surface area contributed by atoms with Crippen LogP contribution in [0.3, 0.4) is 0 Å². The molecule has 0 unspecified atom stereocenters. The maximum absolute atomic E-state index is 10.7. The fraction of sp³-hybridized carbons (Fsp3) is 0.500. The quantitative estimate of drug-likeness (QED) is 0.781. The van der Waals surface area contributed by atoms with E-state index in [1.165, 1.54) is 0 Å². The molecule has 2 N–H and O–H groups in total. The zero-order valence-corrected chi connectivity index (χ0v) is 11.0. The fourth-order valence-electron chi connectivity index (χ4n) is 1.26. The molecule has 0 saturated carbocycles. The van der Waals surface area contributed by atoms with Gasteiger partial charge in [0.05, 0.1) is 6.61 Å². The van der Waals surface area contributed by atoms with Gasteiger partial charge in [-0.25, -0.2) is 9.55 Å². The lowest BCUT2D eigenvalue weighted by Gasteiger charge is -2.24. The second-order valence-corrected chi connectivity index (χ2v) is 5.19. The third-order valence-corrected chi connectivity index (χ3v) is 2.83. The van der Waals surface area contributed by atoms with Gasteiger partial charge in [0, 0.05) is 24.8 Å². The lowest BCUT2D eigenvalue weighted by molar-refractivity contribution is 0.189. The molecule has 96 valence electrons. The molecule has 0 spiro atoms. The summed E-state index contributed by atoms with van der Waals surface area (Å²) in [7, 11) is -2.58. The molecule has 0 amide bonds. The molecule has 0 radical (unpaired) electrons. The van der Waals surface area contributed by atoms with Crippen molar-refractivity contribution in [1.29, 1.82) is 0 Å². The van der Waals surface area contributed by atoms with Gasteiger partial charge in [0.15, 0.2) is 0 Å². The first-order valence-corrected chi connectivity index (χ1v) is 6.71. The second kappa shape index (κ2) is 5.60. The molecule has 0 aliphatic carbocycles. The number of hydrogen-bond donors (Lipinski definition) is 2. The minimum Gasteiger partial charge on any atom is -0.357 e. The average molecular weight is 260 g/mol. The van der Waals surface area contributed by atoms with Gasteiger partial charge < -0.3 is 14.7 Å². The Kier molecular flexibility index (Phi) is 4.65. The van der Waals surface area contributed by atoms with Crippen LogP contribution in [-0.2, 0) is 15.7 Å². The number of anilines is 1. The van der Waals surface area contributed by atoms with Gasteiger partial charge in [0.2, 0.25) is 0 Å². The van der Waals surface area contributed by atoms with Crippen molar-refractivity contribution in [2.45, 2.75) is 26.5 Å². The number of phosphoric ester groups is 1. The summed E-state index contributed by atoms with van der Waals surface area (Å²) in [6, 6.07) is 3.67. The third-order valence-electron chi connectivity index (χ3n) is 2.36. The fourth-order valence-corrected chi connectivity index (χ4v) is 1.57. The van der Waals surface area contributed by atoms with E-state index < -0.39 is 7.82 Å². The summed E-state index contributed by atoms with van der Waals surface area (Å²) in [5, 5.41) is 0. The van der Waals surface area contributed by atoms with Gasteiger partial charge in [0.25, 0.3) is 0 Å². The normalized spacial score (nSPS) is 11.9. The monoisotopic (exact) mass is 260 g/mol. The second-order valence-electron chi connectivity index (χ2n) is 3.95. The topological polar surface area (TPSA) is 82.9 Å². The molecule has 0 bridgehead atoms. The molecule has 6 nitrogen and oxygen atoms in total. The van der Waals surface area contributed by atoms with Crippen molar-refractivity contribution in [2.24, 2.45) is 0 Å². The summed E-state index contributed by atoms with van der Waals surface area (Å²) in [4.78, 5) is 23.5. The van der Waals surface area contributed by atoms with Crippen molar-refractivity contribution >= 4 is 13.6 Å². The predicted molar refractivity (Wildman–Crippen MR) is 64.6 cm³/mol. The highest BCUT2D eigenvalue weighted by atomic mass is 31.2. The summed E-state index contributed by atoms with van der Waals surface area (Å²) < 4.78 is 15.1. The van der Waals surface area contributed by atoms with Gasteiger partial charge in [-0.05, 0) is 19.9 Å². The molecule has 1 aromatic rings. The van der Waals surface area contributed by atoms with Crippen LogP contribution in [0.2, 0.25) is 0 Å². The van der Waals surface area contributed by atoms with Gasteiger partial charge in [0.1, 0.15) is 5.82 Å². The van der Waals surface area contributed by atoms with Crippen molar-refractivity contribution in [3.63, 3.8) is 0 Å². The Bertz CT molecular complexity index is 419. The molecular weight excluding hydrogens is 243 g/mol. The number of pyridine rings is 1. The summed E-state index contributed by atoms with van der Waals surface area (Å²) in [6.45, 7) is 3.84. The summed E-state index contributed by atoms with van der Waals surface area (Å²) >= 11 is 0. The molecule has 0 fully saturated rings. The molecule has 17 heavy (non-hydrogen) atoms. The zero-order chi connectivity index (χ0) is 13.1.